The number of nitrogens with two attached hydrogens (primary N) is 2. The number of carbonyl (C=O) groups is 3. The molecule has 0 bridgehead atoms. The van der Waals surface area contributed by atoms with Crippen molar-refractivity contribution in [3.05, 3.63) is 77.2 Å². The smallest absolute Gasteiger partial charge is 0.246 e. The molecule has 0 aliphatic carbocycles. The van der Waals surface area contributed by atoms with Gasteiger partial charge < -0.3 is 37.0 Å². The van der Waals surface area contributed by atoms with Gasteiger partial charge in [-0.2, -0.15) is 0 Å². The quantitative estimate of drug-likeness (QED) is 0.180. The first-order valence-corrected chi connectivity index (χ1v) is 19.0. The Bertz CT molecular complexity index is 1950. The second-order valence-corrected chi connectivity index (χ2v) is 15.9. The van der Waals surface area contributed by atoms with Gasteiger partial charge in [0.1, 0.15) is 17.9 Å². The van der Waals surface area contributed by atoms with Crippen LogP contribution in [0.5, 0.6) is 0 Å². The van der Waals surface area contributed by atoms with E-state index in [2.05, 4.69) is 26.1 Å². The van der Waals surface area contributed by atoms with Crippen LogP contribution in [0.2, 0.25) is 0 Å². The normalized spacial score (nSPS) is 19.2. The molecule has 2 aliphatic rings. The number of nitrogens with zero attached hydrogens (tertiary/aromatic N) is 5. The number of aliphatic hydroxyl groups excluding tert-OH is 1. The molecule has 3 aromatic rings. The highest BCUT2D eigenvalue weighted by Gasteiger charge is 2.45. The van der Waals surface area contributed by atoms with Gasteiger partial charge in [-0.1, -0.05) is 57.2 Å². The Kier molecular flexibility index (Phi) is 13.1. The lowest BCUT2D eigenvalue weighted by atomic mass is 9.85. The van der Waals surface area contributed by atoms with E-state index in [0.717, 1.165) is 16.0 Å². The molecular weight excluding hydrogens is 722 g/mol. The number of piperazine rings is 1. The number of nitrogen functional groups attached to an aromatic ring is 1. The third kappa shape index (κ3) is 9.93. The standard InChI is InChI=1S/C40H50FN9O4S/c1-7-55-35(24(2)42)27-14-12-26(13-15-27)25(3)44-38(53)33-20-28(51)22-50(33)39(54)36(40(4,5)6)45-34(52)23-48-16-18-49(19-17-48)32-21-31(46-47-37(32)43)29-10-8-9-11-30(29)41/h1,8-15,21,25,28,33,36,51H,16-20,22-23,42H2,2-6H3,(H2,43,47)(H,44,53)(H,45,52)/b35-24-/t25-,28+,33-,36+/m0/s1. The van der Waals surface area contributed by atoms with Crippen molar-refractivity contribution >= 4 is 45.9 Å². The molecular formula is C40H50FN9O4S. The third-order valence-corrected chi connectivity index (χ3v) is 10.7. The van der Waals surface area contributed by atoms with Crippen LogP contribution in [0.25, 0.3) is 16.2 Å². The summed E-state index contributed by atoms with van der Waals surface area (Å²) >= 11 is 1.20. The van der Waals surface area contributed by atoms with Crippen LogP contribution in [0.1, 0.15) is 58.2 Å². The molecule has 0 unspecified atom stereocenters. The molecule has 2 aromatic carbocycles. The number of allylic oxidation sites excluding steroid dienone is 1. The maximum atomic E-state index is 14.4. The summed E-state index contributed by atoms with van der Waals surface area (Å²) in [5.74, 6) is -1.35. The number of amides is 3. The highest BCUT2D eigenvalue weighted by atomic mass is 32.2. The first-order valence-electron chi connectivity index (χ1n) is 18.2. The molecule has 0 spiro atoms. The summed E-state index contributed by atoms with van der Waals surface area (Å²) < 4.78 is 14.4. The number of hydrogen-bond acceptors (Lipinski definition) is 11. The van der Waals surface area contributed by atoms with Crippen LogP contribution in [-0.2, 0) is 14.4 Å². The highest BCUT2D eigenvalue weighted by Crippen LogP contribution is 2.31. The van der Waals surface area contributed by atoms with Crippen LogP contribution in [-0.4, -0.2) is 100 Å². The van der Waals surface area contributed by atoms with Gasteiger partial charge in [-0.15, -0.1) is 16.6 Å². The predicted octanol–water partition coefficient (Wildman–Crippen LogP) is 3.33. The number of benzene rings is 2. The van der Waals surface area contributed by atoms with E-state index in [0.29, 0.717) is 48.8 Å². The Morgan fingerprint density at radius 2 is 1.75 bits per heavy atom. The fraction of sp³-hybridized carbons (Fsp3) is 0.425. The number of terminal acetylenes is 1. The monoisotopic (exact) mass is 771 g/mol. The largest absolute Gasteiger partial charge is 0.401 e. The molecule has 2 fully saturated rings. The number of β-amino-alcohol motifs (C(OH)–C–C–N with tert-alkyl or cyclic N) is 1. The molecule has 7 N–H and O–H groups in total. The number of carbonyl (C=O) groups excluding carboxylic acids is 3. The number of nitrogens with one attached hydrogen (secondary N) is 2. The summed E-state index contributed by atoms with van der Waals surface area (Å²) in [7, 11) is 0. The first kappa shape index (κ1) is 41.0. The average molecular weight is 772 g/mol. The number of thioether (sulfide) groups is 1. The van der Waals surface area contributed by atoms with Crippen molar-refractivity contribution in [2.45, 2.75) is 65.3 Å². The Hall–Kier alpha value is -5.17. The first-order chi connectivity index (χ1) is 26.1. The van der Waals surface area contributed by atoms with E-state index in [1.54, 1.807) is 31.2 Å². The van der Waals surface area contributed by atoms with Crippen LogP contribution in [0.3, 0.4) is 0 Å². The van der Waals surface area contributed by atoms with Gasteiger partial charge in [0.2, 0.25) is 17.7 Å². The molecule has 15 heteroatoms. The Morgan fingerprint density at radius 3 is 2.36 bits per heavy atom. The minimum atomic E-state index is -0.958. The summed E-state index contributed by atoms with van der Waals surface area (Å²) in [4.78, 5) is 47.5. The van der Waals surface area contributed by atoms with Crippen molar-refractivity contribution in [3.63, 3.8) is 0 Å². The van der Waals surface area contributed by atoms with Crippen LogP contribution in [0.15, 0.2) is 60.3 Å². The fourth-order valence-electron chi connectivity index (χ4n) is 6.86. The van der Waals surface area contributed by atoms with Crippen LogP contribution < -0.4 is 27.0 Å². The van der Waals surface area contributed by atoms with Crippen LogP contribution in [0.4, 0.5) is 15.9 Å². The molecule has 3 amide bonds. The van der Waals surface area contributed by atoms with Gasteiger partial charge in [0.05, 0.1) is 30.1 Å². The van der Waals surface area contributed by atoms with Crippen LogP contribution in [0, 0.1) is 22.9 Å². The molecule has 0 saturated carbocycles. The SMILES string of the molecule is C#CS/C(=C(/C)N)c1ccc([C@H](C)NC(=O)[C@@H]2C[C@@H](O)CN2C(=O)[C@@H](NC(=O)CN2CCN(c3cc(-c4ccccc4F)nnc3N)CC2)C(C)(C)C)cc1. The second-order valence-electron chi connectivity index (χ2n) is 15.1. The number of anilines is 2. The molecule has 5 rings (SSSR count). The van der Waals surface area contributed by atoms with E-state index in [1.165, 1.54) is 22.7 Å². The van der Waals surface area contributed by atoms with E-state index in [-0.39, 0.29) is 31.2 Å². The Balaban J connectivity index is 1.19. The van der Waals surface area contributed by atoms with Crippen molar-refractivity contribution in [2.75, 3.05) is 49.9 Å². The minimum absolute atomic E-state index is 0.0313. The van der Waals surface area contributed by atoms with E-state index >= 15 is 0 Å². The second kappa shape index (κ2) is 17.5. The molecule has 1 aromatic heterocycles. The molecule has 0 radical (unpaired) electrons. The van der Waals surface area contributed by atoms with Gasteiger partial charge in [-0.25, -0.2) is 4.39 Å². The number of likely N-dealkylation sites (tertiary alicyclic amines) is 1. The maximum Gasteiger partial charge on any atom is 0.246 e. The number of halogens is 1. The lowest BCUT2D eigenvalue weighted by Gasteiger charge is -2.38. The maximum absolute atomic E-state index is 14.4. The number of aromatic nitrogens is 2. The van der Waals surface area contributed by atoms with Crippen molar-refractivity contribution in [1.29, 1.82) is 0 Å². The number of hydrogen-bond donors (Lipinski definition) is 5. The molecule has 55 heavy (non-hydrogen) atoms. The van der Waals surface area contributed by atoms with Gasteiger partial charge in [0, 0.05) is 55.3 Å². The zero-order valence-electron chi connectivity index (χ0n) is 31.9. The van der Waals surface area contributed by atoms with E-state index in [9.17, 15) is 23.9 Å². The highest BCUT2D eigenvalue weighted by molar-refractivity contribution is 8.12. The third-order valence-electron chi connectivity index (χ3n) is 9.87. The fourth-order valence-corrected chi connectivity index (χ4v) is 7.40. The van der Waals surface area contributed by atoms with E-state index in [4.69, 9.17) is 17.9 Å². The topological polar surface area (TPSA) is 183 Å². The average Bonchev–Trinajstić information content (AvgIpc) is 3.54. The van der Waals surface area contributed by atoms with Crippen molar-refractivity contribution in [3.8, 4) is 22.9 Å². The molecule has 292 valence electrons. The lowest BCUT2D eigenvalue weighted by molar-refractivity contribution is -0.144. The Morgan fingerprint density at radius 1 is 1.07 bits per heavy atom. The Labute approximate surface area is 326 Å². The predicted molar refractivity (Wildman–Crippen MR) is 214 cm³/mol. The molecule has 2 aliphatic heterocycles. The summed E-state index contributed by atoms with van der Waals surface area (Å²) in [6, 6.07) is 13.3. The lowest BCUT2D eigenvalue weighted by Crippen LogP contribution is -2.59. The minimum Gasteiger partial charge on any atom is -0.401 e. The summed E-state index contributed by atoms with van der Waals surface area (Å²) in [5.41, 5.74) is 15.1. The van der Waals surface area contributed by atoms with Crippen molar-refractivity contribution in [1.82, 2.24) is 30.6 Å². The molecule has 2 saturated heterocycles. The summed E-state index contributed by atoms with van der Waals surface area (Å²) in [5, 5.41) is 27.3. The zero-order valence-corrected chi connectivity index (χ0v) is 32.7. The van der Waals surface area contributed by atoms with Crippen LogP contribution >= 0.6 is 11.8 Å². The van der Waals surface area contributed by atoms with E-state index in [1.807, 2.05) is 61.8 Å². The van der Waals surface area contributed by atoms with Crippen molar-refractivity contribution < 1.29 is 23.9 Å². The number of rotatable bonds is 11. The molecule has 3 heterocycles. The van der Waals surface area contributed by atoms with Gasteiger partial charge in [0.25, 0.3) is 0 Å². The molecule has 4 atom stereocenters. The summed E-state index contributed by atoms with van der Waals surface area (Å²) in [6.07, 6.45) is 4.66. The van der Waals surface area contributed by atoms with Gasteiger partial charge in [0.15, 0.2) is 5.82 Å². The summed E-state index contributed by atoms with van der Waals surface area (Å²) in [6.45, 7) is 11.3. The van der Waals surface area contributed by atoms with Crippen molar-refractivity contribution in [2.24, 2.45) is 11.1 Å². The molecule has 13 nitrogen and oxygen atoms in total. The van der Waals surface area contributed by atoms with Gasteiger partial charge in [-0.05, 0) is 65.6 Å². The van der Waals surface area contributed by atoms with E-state index < -0.39 is 47.3 Å². The van der Waals surface area contributed by atoms with Gasteiger partial charge in [-0.3, -0.25) is 19.3 Å². The zero-order chi connectivity index (χ0) is 40.0. The number of aliphatic hydroxyl groups is 1. The van der Waals surface area contributed by atoms with Gasteiger partial charge >= 0.3 is 0 Å².